The Kier molecular flexibility index (Phi) is 5.77. The number of hydrogen-bond donors (Lipinski definition) is 0. The minimum absolute atomic E-state index is 0.00247. The first-order valence-electron chi connectivity index (χ1n) is 10.6. The quantitative estimate of drug-likeness (QED) is 0.601. The van der Waals surface area contributed by atoms with E-state index in [4.69, 9.17) is 4.52 Å². The van der Waals surface area contributed by atoms with Gasteiger partial charge < -0.3 is 9.42 Å². The third kappa shape index (κ3) is 4.18. The molecule has 3 aromatic rings. The van der Waals surface area contributed by atoms with E-state index in [0.29, 0.717) is 49.2 Å². The molecule has 166 valence electrons. The van der Waals surface area contributed by atoms with Crippen molar-refractivity contribution < 1.29 is 18.1 Å². The fraction of sp³-hybridized carbons (Fsp3) is 0.545. The number of halogens is 2. The van der Waals surface area contributed by atoms with Gasteiger partial charge in [-0.1, -0.05) is 12.1 Å². The van der Waals surface area contributed by atoms with E-state index in [1.807, 2.05) is 36.4 Å². The summed E-state index contributed by atoms with van der Waals surface area (Å²) in [6.45, 7) is 9.16. The standard InChI is InChI=1S/C22H27F2N5O2/c1-12(11-29-14(3)9-13(2)26-29)22(30)28-7-5-16(6-8-28)18-10-17(20(23)24)19-15(4)27-31-21(19)25-18/h9-10,12,16,20H,5-8,11H2,1-4H3/t12-/m0/s1. The van der Waals surface area contributed by atoms with Gasteiger partial charge >= 0.3 is 0 Å². The lowest BCUT2D eigenvalue weighted by Crippen LogP contribution is -2.42. The smallest absolute Gasteiger partial charge is 0.264 e. The SMILES string of the molecule is Cc1cc(C)n(C[C@H](C)C(=O)N2CCC(c3cc(C(F)F)c4c(C)noc4n3)CC2)n1. The molecule has 4 rings (SSSR count). The van der Waals surface area contributed by atoms with Gasteiger partial charge in [0.1, 0.15) is 0 Å². The largest absolute Gasteiger partial charge is 0.342 e. The van der Waals surface area contributed by atoms with Crippen molar-refractivity contribution in [1.82, 2.24) is 24.8 Å². The zero-order valence-corrected chi connectivity index (χ0v) is 18.2. The van der Waals surface area contributed by atoms with E-state index in [1.54, 1.807) is 6.92 Å². The van der Waals surface area contributed by atoms with Gasteiger partial charge in [0.15, 0.2) is 0 Å². The third-order valence-corrected chi connectivity index (χ3v) is 6.10. The van der Waals surface area contributed by atoms with Gasteiger partial charge in [-0.3, -0.25) is 9.48 Å². The first-order valence-corrected chi connectivity index (χ1v) is 10.6. The van der Waals surface area contributed by atoms with Crippen molar-refractivity contribution in [1.29, 1.82) is 0 Å². The van der Waals surface area contributed by atoms with Crippen LogP contribution in [0.1, 0.15) is 60.4 Å². The summed E-state index contributed by atoms with van der Waals surface area (Å²) >= 11 is 0. The van der Waals surface area contributed by atoms with Crippen molar-refractivity contribution in [2.45, 2.75) is 59.4 Å². The van der Waals surface area contributed by atoms with Crippen LogP contribution in [0.5, 0.6) is 0 Å². The number of piperidine rings is 1. The van der Waals surface area contributed by atoms with Crippen LogP contribution in [0.4, 0.5) is 8.78 Å². The van der Waals surface area contributed by atoms with Crippen molar-refractivity contribution in [3.8, 4) is 0 Å². The first kappa shape index (κ1) is 21.4. The van der Waals surface area contributed by atoms with E-state index >= 15 is 0 Å². The molecule has 1 aliphatic rings. The molecule has 7 nitrogen and oxygen atoms in total. The number of fused-ring (bicyclic) bond motifs is 1. The van der Waals surface area contributed by atoms with Crippen LogP contribution in [-0.2, 0) is 11.3 Å². The number of aromatic nitrogens is 4. The summed E-state index contributed by atoms with van der Waals surface area (Å²) in [6, 6.07) is 3.47. The maximum absolute atomic E-state index is 13.6. The van der Waals surface area contributed by atoms with E-state index in [0.717, 1.165) is 11.4 Å². The van der Waals surface area contributed by atoms with Crippen LogP contribution >= 0.6 is 0 Å². The third-order valence-electron chi connectivity index (χ3n) is 6.10. The summed E-state index contributed by atoms with van der Waals surface area (Å²) in [5.41, 5.74) is 3.04. The van der Waals surface area contributed by atoms with Crippen LogP contribution in [-0.4, -0.2) is 43.8 Å². The van der Waals surface area contributed by atoms with Gasteiger partial charge in [-0.05, 0) is 45.7 Å². The topological polar surface area (TPSA) is 77.0 Å². The van der Waals surface area contributed by atoms with Gasteiger partial charge in [0, 0.05) is 36.0 Å². The van der Waals surface area contributed by atoms with Gasteiger partial charge in [-0.2, -0.15) is 5.10 Å². The number of carbonyl (C=O) groups is 1. The van der Waals surface area contributed by atoms with Crippen LogP contribution < -0.4 is 0 Å². The minimum atomic E-state index is -2.63. The van der Waals surface area contributed by atoms with Crippen molar-refractivity contribution >= 4 is 17.0 Å². The number of likely N-dealkylation sites (tertiary alicyclic amines) is 1. The molecule has 1 fully saturated rings. The molecule has 3 aromatic heterocycles. The number of aryl methyl sites for hydroxylation is 3. The van der Waals surface area contributed by atoms with Crippen molar-refractivity contribution in [3.63, 3.8) is 0 Å². The zero-order chi connectivity index (χ0) is 22.3. The van der Waals surface area contributed by atoms with E-state index < -0.39 is 6.43 Å². The van der Waals surface area contributed by atoms with Gasteiger partial charge in [0.2, 0.25) is 5.91 Å². The maximum Gasteiger partial charge on any atom is 0.264 e. The van der Waals surface area contributed by atoms with Crippen molar-refractivity contribution in [3.05, 3.63) is 40.5 Å². The number of amides is 1. The maximum atomic E-state index is 13.6. The Morgan fingerprint density at radius 1 is 1.23 bits per heavy atom. The molecule has 1 atom stereocenters. The highest BCUT2D eigenvalue weighted by Crippen LogP contribution is 2.35. The monoisotopic (exact) mass is 431 g/mol. The molecule has 1 aliphatic heterocycles. The van der Waals surface area contributed by atoms with Gasteiger partial charge in [0.05, 0.1) is 29.2 Å². The number of alkyl halides is 2. The molecule has 0 bridgehead atoms. The Morgan fingerprint density at radius 2 is 1.94 bits per heavy atom. The van der Waals surface area contributed by atoms with E-state index in [2.05, 4.69) is 15.2 Å². The van der Waals surface area contributed by atoms with Gasteiger partial charge in [-0.25, -0.2) is 13.8 Å². The Bertz CT molecular complexity index is 1100. The van der Waals surface area contributed by atoms with Crippen molar-refractivity contribution in [2.24, 2.45) is 5.92 Å². The molecular formula is C22H27F2N5O2. The zero-order valence-electron chi connectivity index (χ0n) is 18.2. The average molecular weight is 431 g/mol. The molecule has 0 radical (unpaired) electrons. The Hall–Kier alpha value is -2.84. The van der Waals surface area contributed by atoms with Crippen LogP contribution in [0.3, 0.4) is 0 Å². The normalized spacial score (nSPS) is 16.4. The summed E-state index contributed by atoms with van der Waals surface area (Å²) in [6.07, 6.45) is -1.28. The summed E-state index contributed by atoms with van der Waals surface area (Å²) in [5, 5.41) is 8.53. The molecular weight excluding hydrogens is 404 g/mol. The molecule has 0 spiro atoms. The molecule has 4 heterocycles. The first-order chi connectivity index (χ1) is 14.7. The number of rotatable bonds is 5. The van der Waals surface area contributed by atoms with E-state index in [-0.39, 0.29) is 29.0 Å². The van der Waals surface area contributed by atoms with Crippen LogP contribution in [0.2, 0.25) is 0 Å². The lowest BCUT2D eigenvalue weighted by molar-refractivity contribution is -0.136. The predicted octanol–water partition coefficient (Wildman–Crippen LogP) is 4.32. The Balaban J connectivity index is 1.43. The molecule has 31 heavy (non-hydrogen) atoms. The number of nitrogens with zero attached hydrogens (tertiary/aromatic N) is 5. The fourth-order valence-electron chi connectivity index (χ4n) is 4.43. The Labute approximate surface area is 179 Å². The molecule has 0 aliphatic carbocycles. The minimum Gasteiger partial charge on any atom is -0.342 e. The second kappa shape index (κ2) is 8.36. The summed E-state index contributed by atoms with van der Waals surface area (Å²) in [4.78, 5) is 19.2. The average Bonchev–Trinajstić information content (AvgIpc) is 3.27. The second-order valence-corrected chi connectivity index (χ2v) is 8.49. The number of hydrogen-bond acceptors (Lipinski definition) is 5. The summed E-state index contributed by atoms with van der Waals surface area (Å²) in [5.74, 6) is -0.0946. The van der Waals surface area contributed by atoms with Crippen LogP contribution in [0, 0.1) is 26.7 Å². The van der Waals surface area contributed by atoms with Crippen LogP contribution in [0.25, 0.3) is 11.1 Å². The lowest BCUT2D eigenvalue weighted by Gasteiger charge is -2.33. The number of pyridine rings is 1. The van der Waals surface area contributed by atoms with E-state index in [1.165, 1.54) is 6.07 Å². The molecule has 0 unspecified atom stereocenters. The van der Waals surface area contributed by atoms with Crippen molar-refractivity contribution in [2.75, 3.05) is 13.1 Å². The number of carbonyl (C=O) groups excluding carboxylic acids is 1. The lowest BCUT2D eigenvalue weighted by atomic mass is 9.91. The fourth-order valence-corrected chi connectivity index (χ4v) is 4.43. The molecule has 1 amide bonds. The second-order valence-electron chi connectivity index (χ2n) is 8.49. The summed E-state index contributed by atoms with van der Waals surface area (Å²) < 4.78 is 34.3. The van der Waals surface area contributed by atoms with Gasteiger partial charge in [-0.15, -0.1) is 0 Å². The molecule has 9 heteroatoms. The predicted molar refractivity (Wildman–Crippen MR) is 111 cm³/mol. The molecule has 0 aromatic carbocycles. The summed E-state index contributed by atoms with van der Waals surface area (Å²) in [7, 11) is 0. The Morgan fingerprint density at radius 3 is 2.55 bits per heavy atom. The molecule has 0 N–H and O–H groups in total. The van der Waals surface area contributed by atoms with E-state index in [9.17, 15) is 13.6 Å². The van der Waals surface area contributed by atoms with Gasteiger partial charge in [0.25, 0.3) is 12.1 Å². The molecule has 1 saturated heterocycles. The molecule has 0 saturated carbocycles. The van der Waals surface area contributed by atoms with Crippen LogP contribution in [0.15, 0.2) is 16.7 Å². The highest BCUT2D eigenvalue weighted by molar-refractivity contribution is 5.80. The highest BCUT2D eigenvalue weighted by Gasteiger charge is 2.29. The highest BCUT2D eigenvalue weighted by atomic mass is 19.3.